The summed E-state index contributed by atoms with van der Waals surface area (Å²) < 4.78 is 13.6. The van der Waals surface area contributed by atoms with E-state index in [0.29, 0.717) is 6.42 Å². The highest BCUT2D eigenvalue weighted by Gasteiger charge is 2.07. The van der Waals surface area contributed by atoms with Crippen LogP contribution in [0.4, 0.5) is 10.1 Å². The zero-order valence-corrected chi connectivity index (χ0v) is 11.7. The third-order valence-corrected chi connectivity index (χ3v) is 3.40. The van der Waals surface area contributed by atoms with Gasteiger partial charge in [-0.05, 0) is 62.1 Å². The summed E-state index contributed by atoms with van der Waals surface area (Å²) in [4.78, 5) is 0. The minimum absolute atomic E-state index is 0.128. The van der Waals surface area contributed by atoms with Crippen LogP contribution in [-0.2, 0) is 6.42 Å². The Bertz CT molecular complexity index is 563. The molecule has 2 rings (SSSR count). The zero-order chi connectivity index (χ0) is 13.8. The van der Waals surface area contributed by atoms with Crippen molar-refractivity contribution in [2.45, 2.75) is 33.2 Å². The average Bonchev–Trinajstić information content (AvgIpc) is 2.37. The molecular weight excluding hydrogens is 237 g/mol. The molecule has 1 N–H and O–H groups in total. The Kier molecular flexibility index (Phi) is 4.20. The number of hydrogen-bond acceptors (Lipinski definition) is 1. The zero-order valence-electron chi connectivity index (χ0n) is 11.7. The summed E-state index contributed by atoms with van der Waals surface area (Å²) in [5.74, 6) is -0.128. The van der Waals surface area contributed by atoms with Crippen molar-refractivity contribution in [2.75, 3.05) is 5.32 Å². The van der Waals surface area contributed by atoms with Gasteiger partial charge < -0.3 is 5.32 Å². The van der Waals surface area contributed by atoms with E-state index in [2.05, 4.69) is 44.3 Å². The topological polar surface area (TPSA) is 12.0 Å². The summed E-state index contributed by atoms with van der Waals surface area (Å²) in [5.41, 5.74) is 4.40. The van der Waals surface area contributed by atoms with Crippen molar-refractivity contribution >= 4 is 5.69 Å². The van der Waals surface area contributed by atoms with E-state index in [4.69, 9.17) is 0 Å². The summed E-state index contributed by atoms with van der Waals surface area (Å²) in [6.07, 6.45) is 0.680. The SMILES string of the molecule is Cc1ccc(NC(C)Cc2ccccc2F)cc1C. The summed E-state index contributed by atoms with van der Waals surface area (Å²) in [7, 11) is 0. The molecule has 0 aliphatic carbocycles. The fourth-order valence-electron chi connectivity index (χ4n) is 2.16. The molecule has 1 nitrogen and oxygen atoms in total. The van der Waals surface area contributed by atoms with E-state index in [1.54, 1.807) is 6.07 Å². The number of aryl methyl sites for hydroxylation is 2. The minimum Gasteiger partial charge on any atom is -0.382 e. The molecule has 1 atom stereocenters. The summed E-state index contributed by atoms with van der Waals surface area (Å²) in [6.45, 7) is 6.27. The predicted octanol–water partition coefficient (Wildman–Crippen LogP) is 4.49. The maximum atomic E-state index is 13.6. The lowest BCUT2D eigenvalue weighted by Crippen LogP contribution is -2.18. The Morgan fingerprint density at radius 2 is 1.79 bits per heavy atom. The van der Waals surface area contributed by atoms with Gasteiger partial charge >= 0.3 is 0 Å². The van der Waals surface area contributed by atoms with Crippen LogP contribution in [0.25, 0.3) is 0 Å². The first kappa shape index (κ1) is 13.6. The molecule has 0 saturated carbocycles. The molecule has 0 aromatic heterocycles. The van der Waals surface area contributed by atoms with Gasteiger partial charge in [-0.25, -0.2) is 4.39 Å². The Labute approximate surface area is 114 Å². The number of rotatable bonds is 4. The van der Waals surface area contributed by atoms with Crippen molar-refractivity contribution in [1.29, 1.82) is 0 Å². The average molecular weight is 257 g/mol. The van der Waals surface area contributed by atoms with Gasteiger partial charge in [-0.2, -0.15) is 0 Å². The number of halogens is 1. The van der Waals surface area contributed by atoms with Crippen molar-refractivity contribution in [2.24, 2.45) is 0 Å². The van der Waals surface area contributed by atoms with Gasteiger partial charge in [-0.1, -0.05) is 24.3 Å². The molecule has 19 heavy (non-hydrogen) atoms. The second-order valence-corrected chi connectivity index (χ2v) is 5.14. The highest BCUT2D eigenvalue weighted by Crippen LogP contribution is 2.17. The minimum atomic E-state index is -0.128. The molecule has 0 heterocycles. The molecule has 0 saturated heterocycles. The molecule has 0 fully saturated rings. The number of benzene rings is 2. The van der Waals surface area contributed by atoms with Gasteiger partial charge in [-0.15, -0.1) is 0 Å². The Morgan fingerprint density at radius 1 is 1.05 bits per heavy atom. The molecule has 100 valence electrons. The van der Waals surface area contributed by atoms with E-state index in [9.17, 15) is 4.39 Å². The van der Waals surface area contributed by atoms with E-state index < -0.39 is 0 Å². The van der Waals surface area contributed by atoms with Gasteiger partial charge in [0, 0.05) is 11.7 Å². The third-order valence-electron chi connectivity index (χ3n) is 3.40. The quantitative estimate of drug-likeness (QED) is 0.851. The molecule has 0 aliphatic rings. The van der Waals surface area contributed by atoms with Gasteiger partial charge in [0.2, 0.25) is 0 Å². The normalized spacial score (nSPS) is 12.2. The van der Waals surface area contributed by atoms with Gasteiger partial charge in [0.25, 0.3) is 0 Å². The van der Waals surface area contributed by atoms with Crippen molar-refractivity contribution in [3.05, 3.63) is 65.0 Å². The largest absolute Gasteiger partial charge is 0.382 e. The van der Waals surface area contributed by atoms with E-state index in [1.807, 2.05) is 12.1 Å². The molecule has 1 unspecified atom stereocenters. The van der Waals surface area contributed by atoms with Crippen LogP contribution in [0.15, 0.2) is 42.5 Å². The standard InChI is InChI=1S/C17H20FN/c1-12-8-9-16(10-13(12)2)19-14(3)11-15-6-4-5-7-17(15)18/h4-10,14,19H,11H2,1-3H3. The highest BCUT2D eigenvalue weighted by molar-refractivity contribution is 5.48. The maximum absolute atomic E-state index is 13.6. The first-order valence-corrected chi connectivity index (χ1v) is 6.63. The van der Waals surface area contributed by atoms with Crippen molar-refractivity contribution in [3.63, 3.8) is 0 Å². The van der Waals surface area contributed by atoms with Crippen LogP contribution in [-0.4, -0.2) is 6.04 Å². The maximum Gasteiger partial charge on any atom is 0.126 e. The van der Waals surface area contributed by atoms with Crippen LogP contribution in [0.5, 0.6) is 0 Å². The second kappa shape index (κ2) is 5.87. The van der Waals surface area contributed by atoms with Gasteiger partial charge in [-0.3, -0.25) is 0 Å². The predicted molar refractivity (Wildman–Crippen MR) is 79.1 cm³/mol. The molecule has 0 aliphatic heterocycles. The van der Waals surface area contributed by atoms with E-state index >= 15 is 0 Å². The van der Waals surface area contributed by atoms with Gasteiger partial charge in [0.1, 0.15) is 5.82 Å². The van der Waals surface area contributed by atoms with Crippen LogP contribution in [0.1, 0.15) is 23.6 Å². The van der Waals surface area contributed by atoms with E-state index in [-0.39, 0.29) is 11.9 Å². The lowest BCUT2D eigenvalue weighted by molar-refractivity contribution is 0.601. The first-order chi connectivity index (χ1) is 9.06. The van der Waals surface area contributed by atoms with E-state index in [1.165, 1.54) is 17.2 Å². The summed E-state index contributed by atoms with van der Waals surface area (Å²) >= 11 is 0. The lowest BCUT2D eigenvalue weighted by Gasteiger charge is -2.16. The van der Waals surface area contributed by atoms with Crippen molar-refractivity contribution in [3.8, 4) is 0 Å². The number of anilines is 1. The highest BCUT2D eigenvalue weighted by atomic mass is 19.1. The summed E-state index contributed by atoms with van der Waals surface area (Å²) in [6, 6.07) is 13.5. The molecule has 0 bridgehead atoms. The monoisotopic (exact) mass is 257 g/mol. The molecule has 0 spiro atoms. The van der Waals surface area contributed by atoms with Crippen LogP contribution in [0, 0.1) is 19.7 Å². The molecule has 2 aromatic carbocycles. The van der Waals surface area contributed by atoms with Crippen molar-refractivity contribution < 1.29 is 4.39 Å². The molecular formula is C17H20FN. The number of nitrogens with one attached hydrogen (secondary N) is 1. The molecule has 0 amide bonds. The van der Waals surface area contributed by atoms with Crippen molar-refractivity contribution in [1.82, 2.24) is 0 Å². The van der Waals surface area contributed by atoms with Crippen LogP contribution in [0.3, 0.4) is 0 Å². The first-order valence-electron chi connectivity index (χ1n) is 6.63. The van der Waals surface area contributed by atoms with Gasteiger partial charge in [0.15, 0.2) is 0 Å². The van der Waals surface area contributed by atoms with Gasteiger partial charge in [0.05, 0.1) is 0 Å². The third kappa shape index (κ3) is 3.57. The fourth-order valence-corrected chi connectivity index (χ4v) is 2.16. The Morgan fingerprint density at radius 3 is 2.47 bits per heavy atom. The second-order valence-electron chi connectivity index (χ2n) is 5.14. The number of hydrogen-bond donors (Lipinski definition) is 1. The fraction of sp³-hybridized carbons (Fsp3) is 0.294. The Balaban J connectivity index is 2.03. The Hall–Kier alpha value is -1.83. The smallest absolute Gasteiger partial charge is 0.126 e. The van der Waals surface area contributed by atoms with Crippen LogP contribution in [0.2, 0.25) is 0 Å². The molecule has 2 aromatic rings. The summed E-state index contributed by atoms with van der Waals surface area (Å²) in [5, 5.41) is 3.42. The van der Waals surface area contributed by atoms with E-state index in [0.717, 1.165) is 11.3 Å². The molecule has 0 radical (unpaired) electrons. The molecule has 2 heteroatoms. The van der Waals surface area contributed by atoms with Crippen LogP contribution < -0.4 is 5.32 Å². The van der Waals surface area contributed by atoms with Crippen LogP contribution >= 0.6 is 0 Å². The lowest BCUT2D eigenvalue weighted by atomic mass is 10.1.